The fourth-order valence-corrected chi connectivity index (χ4v) is 3.50. The molecule has 0 saturated carbocycles. The number of amides is 1. The summed E-state index contributed by atoms with van der Waals surface area (Å²) in [6, 6.07) is 9.83. The first-order valence-electron chi connectivity index (χ1n) is 14.2. The first-order valence-corrected chi connectivity index (χ1v) is 15.6. The van der Waals surface area contributed by atoms with Gasteiger partial charge in [-0.2, -0.15) is 8.42 Å². The molecule has 2 aromatic carbocycles. The lowest BCUT2D eigenvalue weighted by Gasteiger charge is -2.23. The van der Waals surface area contributed by atoms with E-state index >= 15 is 0 Å². The standard InChI is InChI=1S/C18H27NO3.C13H21NO3.H2O4S/c1-14(2)8-6-4-5-7-9-18(21)19-13-15-10-11-16(20)17(12-15)22-3;1-13(2,3)14-7-12(17)9-4-5-11(16)10(6-9)8-15;1-5(2,3)4/h6,8,10-12,14,20H,4-5,7,9,13H2,1-3H3,(H,19,21);4-6,12,14-17H,7-8H2,1-3H3;(H2,1,2,3,4)/b8-6+;;. The SMILES string of the molecule is CC(C)(C)NCC(O)c1ccc(O)c(CO)c1.COc1cc(CNC(=O)CCCC/C=C/C(C)C)ccc1O.O=S(=O)(O)O. The highest BCUT2D eigenvalue weighted by Gasteiger charge is 2.14. The summed E-state index contributed by atoms with van der Waals surface area (Å²) in [4.78, 5) is 11.8. The van der Waals surface area contributed by atoms with Gasteiger partial charge in [0.2, 0.25) is 5.91 Å². The molecular formula is C31H50N2O10S. The highest BCUT2D eigenvalue weighted by Crippen LogP contribution is 2.26. The van der Waals surface area contributed by atoms with Crippen molar-refractivity contribution in [3.63, 3.8) is 0 Å². The molecule has 1 atom stereocenters. The first-order chi connectivity index (χ1) is 20.4. The number of benzene rings is 2. The fraction of sp³-hybridized carbons (Fsp3) is 0.516. The van der Waals surface area contributed by atoms with Gasteiger partial charge in [-0.3, -0.25) is 13.9 Å². The number of aliphatic hydroxyl groups is 2. The van der Waals surface area contributed by atoms with E-state index in [9.17, 15) is 20.1 Å². The molecule has 8 N–H and O–H groups in total. The summed E-state index contributed by atoms with van der Waals surface area (Å²) in [5.41, 5.74) is 1.96. The maximum absolute atomic E-state index is 11.8. The lowest BCUT2D eigenvalue weighted by atomic mass is 10.0. The molecule has 0 fully saturated rings. The van der Waals surface area contributed by atoms with Gasteiger partial charge in [0.25, 0.3) is 0 Å². The van der Waals surface area contributed by atoms with E-state index in [4.69, 9.17) is 27.4 Å². The minimum Gasteiger partial charge on any atom is -0.508 e. The average molecular weight is 643 g/mol. The molecular weight excluding hydrogens is 592 g/mol. The number of β-amino-alcohol motifs (C(OH)–C–C–N with tert-alkyl or cyclic N) is 1. The lowest BCUT2D eigenvalue weighted by molar-refractivity contribution is -0.121. The third-order valence-corrected chi connectivity index (χ3v) is 5.76. The van der Waals surface area contributed by atoms with Crippen molar-refractivity contribution in [1.82, 2.24) is 10.6 Å². The van der Waals surface area contributed by atoms with Gasteiger partial charge in [0.15, 0.2) is 11.5 Å². The molecule has 13 heteroatoms. The second-order valence-corrected chi connectivity index (χ2v) is 12.2. The Balaban J connectivity index is 0.000000745. The number of hydrogen-bond donors (Lipinski definition) is 8. The van der Waals surface area contributed by atoms with Gasteiger partial charge >= 0.3 is 10.4 Å². The predicted octanol–water partition coefficient (Wildman–Crippen LogP) is 4.44. The predicted molar refractivity (Wildman–Crippen MR) is 170 cm³/mol. The molecule has 0 aliphatic rings. The number of allylic oxidation sites excluding steroid dienone is 2. The van der Waals surface area contributed by atoms with Gasteiger partial charge < -0.3 is 35.8 Å². The number of hydrogen-bond acceptors (Lipinski definition) is 9. The molecule has 2 aromatic rings. The van der Waals surface area contributed by atoms with Crippen molar-refractivity contribution in [2.45, 2.75) is 85.1 Å². The number of nitrogens with one attached hydrogen (secondary N) is 2. The number of unbranched alkanes of at least 4 members (excludes halogenated alkanes) is 2. The molecule has 0 heterocycles. The van der Waals surface area contributed by atoms with Crippen molar-refractivity contribution in [3.05, 3.63) is 65.2 Å². The van der Waals surface area contributed by atoms with Crippen LogP contribution in [0, 0.1) is 5.92 Å². The normalized spacial score (nSPS) is 12.2. The van der Waals surface area contributed by atoms with Gasteiger partial charge in [-0.1, -0.05) is 38.1 Å². The smallest absolute Gasteiger partial charge is 0.394 e. The molecule has 44 heavy (non-hydrogen) atoms. The van der Waals surface area contributed by atoms with Crippen LogP contribution in [0.4, 0.5) is 0 Å². The third-order valence-electron chi connectivity index (χ3n) is 5.76. The minimum absolute atomic E-state index is 0.0484. The Kier molecular flexibility index (Phi) is 19.2. The molecule has 12 nitrogen and oxygen atoms in total. The van der Waals surface area contributed by atoms with Gasteiger partial charge in [0.1, 0.15) is 5.75 Å². The number of ether oxygens (including phenoxy) is 1. The Morgan fingerprint density at radius 2 is 1.64 bits per heavy atom. The summed E-state index contributed by atoms with van der Waals surface area (Å²) in [6.07, 6.45) is 7.23. The molecule has 0 aliphatic carbocycles. The second-order valence-electron chi connectivity index (χ2n) is 11.3. The Morgan fingerprint density at radius 3 is 2.18 bits per heavy atom. The van der Waals surface area contributed by atoms with Gasteiger partial charge in [0.05, 0.1) is 19.8 Å². The number of rotatable bonds is 13. The monoisotopic (exact) mass is 642 g/mol. The van der Waals surface area contributed by atoms with Crippen LogP contribution < -0.4 is 15.4 Å². The Hall–Kier alpha value is -3.20. The van der Waals surface area contributed by atoms with Crippen LogP contribution in [0.3, 0.4) is 0 Å². The van der Waals surface area contributed by atoms with Crippen LogP contribution in [0.2, 0.25) is 0 Å². The molecule has 0 aromatic heterocycles. The minimum atomic E-state index is -4.67. The second kappa shape index (κ2) is 20.7. The highest BCUT2D eigenvalue weighted by atomic mass is 32.3. The maximum atomic E-state index is 11.8. The lowest BCUT2D eigenvalue weighted by Crippen LogP contribution is -2.38. The molecule has 0 saturated heterocycles. The number of aromatic hydroxyl groups is 2. The van der Waals surface area contributed by atoms with E-state index in [0.29, 0.717) is 42.3 Å². The van der Waals surface area contributed by atoms with E-state index in [-0.39, 0.29) is 29.6 Å². The van der Waals surface area contributed by atoms with Crippen molar-refractivity contribution in [2.24, 2.45) is 5.92 Å². The maximum Gasteiger partial charge on any atom is 0.394 e. The molecule has 250 valence electrons. The fourth-order valence-electron chi connectivity index (χ4n) is 3.50. The van der Waals surface area contributed by atoms with Crippen molar-refractivity contribution >= 4 is 16.3 Å². The van der Waals surface area contributed by atoms with Crippen molar-refractivity contribution in [1.29, 1.82) is 0 Å². The molecule has 0 spiro atoms. The molecule has 2 rings (SSSR count). The number of methoxy groups -OCH3 is 1. The summed E-state index contributed by atoms with van der Waals surface area (Å²) in [7, 11) is -3.16. The van der Waals surface area contributed by atoms with Crippen molar-refractivity contribution < 1.29 is 47.5 Å². The van der Waals surface area contributed by atoms with E-state index in [1.54, 1.807) is 30.3 Å². The zero-order chi connectivity index (χ0) is 33.9. The van der Waals surface area contributed by atoms with Crippen LogP contribution in [0.15, 0.2) is 48.6 Å². The average Bonchev–Trinajstić information content (AvgIpc) is 2.92. The summed E-state index contributed by atoms with van der Waals surface area (Å²) in [5, 5.41) is 44.0. The number of aliphatic hydroxyl groups excluding tert-OH is 2. The van der Waals surface area contributed by atoms with Crippen LogP contribution in [0.25, 0.3) is 0 Å². The van der Waals surface area contributed by atoms with Crippen molar-refractivity contribution in [3.8, 4) is 17.2 Å². The zero-order valence-corrected chi connectivity index (χ0v) is 27.3. The van der Waals surface area contributed by atoms with Crippen LogP contribution in [-0.2, 0) is 28.3 Å². The van der Waals surface area contributed by atoms with Crippen LogP contribution in [-0.4, -0.2) is 63.1 Å². The highest BCUT2D eigenvalue weighted by molar-refractivity contribution is 7.79. The van der Waals surface area contributed by atoms with Crippen molar-refractivity contribution in [2.75, 3.05) is 13.7 Å². The Labute approximate surface area is 261 Å². The van der Waals surface area contributed by atoms with Gasteiger partial charge in [0, 0.05) is 30.6 Å². The van der Waals surface area contributed by atoms with Crippen LogP contribution in [0.5, 0.6) is 17.2 Å². The van der Waals surface area contributed by atoms with E-state index in [1.807, 2.05) is 20.8 Å². The molecule has 0 bridgehead atoms. The van der Waals surface area contributed by atoms with E-state index < -0.39 is 16.5 Å². The van der Waals surface area contributed by atoms with E-state index in [2.05, 4.69) is 36.6 Å². The topological polar surface area (TPSA) is 206 Å². The van der Waals surface area contributed by atoms with Gasteiger partial charge in [-0.25, -0.2) is 0 Å². The summed E-state index contributed by atoms with van der Waals surface area (Å²) < 4.78 is 36.6. The molecule has 1 amide bonds. The molecule has 0 aliphatic heterocycles. The number of carbonyl (C=O) groups excluding carboxylic acids is 1. The van der Waals surface area contributed by atoms with Gasteiger partial charge in [-0.15, -0.1) is 0 Å². The van der Waals surface area contributed by atoms with Gasteiger partial charge in [-0.05, 0) is 81.3 Å². The molecule has 1 unspecified atom stereocenters. The Bertz CT molecular complexity index is 1250. The van der Waals surface area contributed by atoms with Crippen LogP contribution >= 0.6 is 0 Å². The first kappa shape index (κ1) is 40.8. The quantitative estimate of drug-likeness (QED) is 0.0871. The molecule has 0 radical (unpaired) electrons. The summed E-state index contributed by atoms with van der Waals surface area (Å²) in [5.74, 6) is 1.22. The third kappa shape index (κ3) is 21.5. The Morgan fingerprint density at radius 1 is 1.02 bits per heavy atom. The van der Waals surface area contributed by atoms with E-state index in [1.165, 1.54) is 13.2 Å². The largest absolute Gasteiger partial charge is 0.508 e. The number of phenolic OH excluding ortho intramolecular Hbond substituents is 1. The summed E-state index contributed by atoms with van der Waals surface area (Å²) in [6.45, 7) is 11.0. The van der Waals surface area contributed by atoms with E-state index in [0.717, 1.165) is 24.8 Å². The van der Waals surface area contributed by atoms with Crippen LogP contribution in [0.1, 0.15) is 83.1 Å². The number of carbonyl (C=O) groups is 1. The zero-order valence-electron chi connectivity index (χ0n) is 26.4. The number of phenols is 2. The summed E-state index contributed by atoms with van der Waals surface area (Å²) >= 11 is 0.